The third-order valence-electron chi connectivity index (χ3n) is 3.55. The number of aliphatic imine (C=N–C) groups is 1. The molecule has 1 aromatic heterocycles. The molecule has 0 aliphatic heterocycles. The Kier molecular flexibility index (Phi) is 7.07. The van der Waals surface area contributed by atoms with E-state index in [0.29, 0.717) is 6.54 Å². The van der Waals surface area contributed by atoms with E-state index in [1.807, 2.05) is 18.3 Å². The van der Waals surface area contributed by atoms with Crippen molar-refractivity contribution < 1.29 is 0 Å². The van der Waals surface area contributed by atoms with Gasteiger partial charge in [-0.3, -0.25) is 14.9 Å². The van der Waals surface area contributed by atoms with Crippen LogP contribution in [-0.4, -0.2) is 28.9 Å². The summed E-state index contributed by atoms with van der Waals surface area (Å²) >= 11 is 0. The molecule has 0 fully saturated rings. The number of unbranched alkanes of at least 4 members (excludes halogenated alkanes) is 1. The van der Waals surface area contributed by atoms with E-state index >= 15 is 0 Å². The molecule has 2 rings (SSSR count). The quantitative estimate of drug-likeness (QED) is 0.422. The minimum absolute atomic E-state index is 0.168. The summed E-state index contributed by atoms with van der Waals surface area (Å²) in [7, 11) is 0. The van der Waals surface area contributed by atoms with Crippen LogP contribution in [0.4, 0.5) is 0 Å². The predicted molar refractivity (Wildman–Crippen MR) is 94.7 cm³/mol. The number of hydrogen-bond acceptors (Lipinski definition) is 3. The van der Waals surface area contributed by atoms with Gasteiger partial charge in [-0.2, -0.15) is 0 Å². The van der Waals surface area contributed by atoms with E-state index in [1.165, 1.54) is 11.1 Å². The van der Waals surface area contributed by atoms with E-state index in [-0.39, 0.29) is 5.96 Å². The monoisotopic (exact) mass is 311 g/mol. The first-order chi connectivity index (χ1) is 11.2. The Labute approximate surface area is 138 Å². The highest BCUT2D eigenvalue weighted by molar-refractivity contribution is 5.75. The number of pyridine rings is 1. The zero-order valence-corrected chi connectivity index (χ0v) is 13.4. The molecule has 0 aliphatic carbocycles. The van der Waals surface area contributed by atoms with Crippen molar-refractivity contribution in [2.45, 2.75) is 25.9 Å². The van der Waals surface area contributed by atoms with E-state index in [9.17, 15) is 0 Å². The molecule has 0 unspecified atom stereocenters. The molecule has 0 amide bonds. The van der Waals surface area contributed by atoms with Gasteiger partial charge in [0.25, 0.3) is 0 Å². The van der Waals surface area contributed by atoms with Crippen molar-refractivity contribution in [3.63, 3.8) is 0 Å². The number of benzene rings is 1. The number of hydrogen-bond donors (Lipinski definition) is 2. The topological polar surface area (TPSA) is 80.5 Å². The molecule has 0 spiro atoms. The van der Waals surface area contributed by atoms with E-state index in [4.69, 9.17) is 11.5 Å². The normalized spacial score (nSPS) is 10.7. The van der Waals surface area contributed by atoms with Gasteiger partial charge in [0.2, 0.25) is 0 Å². The lowest BCUT2D eigenvalue weighted by Gasteiger charge is -2.22. The maximum absolute atomic E-state index is 5.35. The van der Waals surface area contributed by atoms with Gasteiger partial charge < -0.3 is 11.5 Å². The first-order valence-corrected chi connectivity index (χ1v) is 7.94. The van der Waals surface area contributed by atoms with Crippen LogP contribution in [-0.2, 0) is 13.1 Å². The van der Waals surface area contributed by atoms with Gasteiger partial charge >= 0.3 is 0 Å². The summed E-state index contributed by atoms with van der Waals surface area (Å²) < 4.78 is 0. The highest BCUT2D eigenvalue weighted by Crippen LogP contribution is 2.10. The molecule has 0 atom stereocenters. The van der Waals surface area contributed by atoms with Crippen molar-refractivity contribution in [3.8, 4) is 0 Å². The van der Waals surface area contributed by atoms with Gasteiger partial charge in [-0.25, -0.2) is 0 Å². The highest BCUT2D eigenvalue weighted by atomic mass is 15.1. The van der Waals surface area contributed by atoms with E-state index in [0.717, 1.165) is 32.5 Å². The van der Waals surface area contributed by atoms with Crippen molar-refractivity contribution in [2.75, 3.05) is 13.1 Å². The average Bonchev–Trinajstić information content (AvgIpc) is 2.56. The Balaban J connectivity index is 1.89. The molecule has 0 saturated carbocycles. The molecule has 1 aromatic carbocycles. The van der Waals surface area contributed by atoms with Crippen LogP contribution in [0.5, 0.6) is 0 Å². The minimum Gasteiger partial charge on any atom is -0.370 e. The predicted octanol–water partition coefficient (Wildman–Crippen LogP) is 2.14. The lowest BCUT2D eigenvalue weighted by molar-refractivity contribution is 0.251. The van der Waals surface area contributed by atoms with Crippen LogP contribution in [0, 0.1) is 0 Å². The molecule has 4 N–H and O–H groups in total. The number of rotatable bonds is 9. The third kappa shape index (κ3) is 6.93. The molecular weight excluding hydrogens is 286 g/mol. The molecule has 0 radical (unpaired) electrons. The molecule has 23 heavy (non-hydrogen) atoms. The van der Waals surface area contributed by atoms with Gasteiger partial charge in [0.15, 0.2) is 5.96 Å². The Morgan fingerprint density at radius 3 is 2.39 bits per heavy atom. The Hall–Kier alpha value is -2.40. The standard InChI is InChI=1S/C18H25N5/c19-18(20)22-11-4-5-12-23(14-16-7-2-1-3-8-16)15-17-9-6-10-21-13-17/h1-3,6-10,13H,4-5,11-12,14-15H2,(H4,19,20,22). The number of nitrogens with zero attached hydrogens (tertiary/aromatic N) is 3. The summed E-state index contributed by atoms with van der Waals surface area (Å²) in [6.45, 7) is 3.52. The highest BCUT2D eigenvalue weighted by Gasteiger charge is 2.07. The molecule has 2 aromatic rings. The van der Waals surface area contributed by atoms with Gasteiger partial charge in [0.1, 0.15) is 0 Å². The first kappa shape index (κ1) is 17.0. The SMILES string of the molecule is NC(N)=NCCCCN(Cc1ccccc1)Cc1cccnc1. The van der Waals surface area contributed by atoms with Crippen molar-refractivity contribution in [1.82, 2.24) is 9.88 Å². The van der Waals surface area contributed by atoms with Crippen LogP contribution in [0.15, 0.2) is 59.9 Å². The van der Waals surface area contributed by atoms with Crippen LogP contribution in [0.2, 0.25) is 0 Å². The van der Waals surface area contributed by atoms with Gasteiger partial charge in [0.05, 0.1) is 0 Å². The second-order valence-corrected chi connectivity index (χ2v) is 5.57. The van der Waals surface area contributed by atoms with Gasteiger partial charge in [-0.15, -0.1) is 0 Å². The smallest absolute Gasteiger partial charge is 0.185 e. The lowest BCUT2D eigenvalue weighted by Crippen LogP contribution is -2.25. The van der Waals surface area contributed by atoms with Crippen LogP contribution < -0.4 is 11.5 Å². The zero-order chi connectivity index (χ0) is 16.3. The molecule has 0 aliphatic rings. The fourth-order valence-electron chi connectivity index (χ4n) is 2.46. The fraction of sp³-hybridized carbons (Fsp3) is 0.333. The summed E-state index contributed by atoms with van der Waals surface area (Å²) in [5, 5.41) is 0. The summed E-state index contributed by atoms with van der Waals surface area (Å²) in [4.78, 5) is 10.7. The first-order valence-electron chi connectivity index (χ1n) is 7.94. The van der Waals surface area contributed by atoms with E-state index < -0.39 is 0 Å². The van der Waals surface area contributed by atoms with Crippen LogP contribution in [0.25, 0.3) is 0 Å². The van der Waals surface area contributed by atoms with Crippen molar-refractivity contribution in [3.05, 3.63) is 66.0 Å². The second-order valence-electron chi connectivity index (χ2n) is 5.57. The molecule has 1 heterocycles. The number of aromatic nitrogens is 1. The molecule has 5 heteroatoms. The average molecular weight is 311 g/mol. The Morgan fingerprint density at radius 1 is 0.957 bits per heavy atom. The zero-order valence-electron chi connectivity index (χ0n) is 13.4. The van der Waals surface area contributed by atoms with Crippen LogP contribution in [0.1, 0.15) is 24.0 Å². The van der Waals surface area contributed by atoms with Crippen molar-refractivity contribution in [1.29, 1.82) is 0 Å². The lowest BCUT2D eigenvalue weighted by atomic mass is 10.1. The third-order valence-corrected chi connectivity index (χ3v) is 3.55. The van der Waals surface area contributed by atoms with Crippen LogP contribution in [0.3, 0.4) is 0 Å². The van der Waals surface area contributed by atoms with Gasteiger partial charge in [0, 0.05) is 32.0 Å². The minimum atomic E-state index is 0.168. The summed E-state index contributed by atoms with van der Waals surface area (Å²) in [6.07, 6.45) is 5.78. The maximum Gasteiger partial charge on any atom is 0.185 e. The Bertz CT molecular complexity index is 537. The Morgan fingerprint density at radius 2 is 1.70 bits per heavy atom. The molecular formula is C18H25N5. The fourth-order valence-corrected chi connectivity index (χ4v) is 2.46. The second kappa shape index (κ2) is 9.58. The van der Waals surface area contributed by atoms with E-state index in [2.05, 4.69) is 45.2 Å². The van der Waals surface area contributed by atoms with Crippen LogP contribution >= 0.6 is 0 Å². The number of guanidine groups is 1. The number of nitrogens with two attached hydrogens (primary N) is 2. The summed E-state index contributed by atoms with van der Waals surface area (Å²) in [5.41, 5.74) is 13.2. The van der Waals surface area contributed by atoms with Crippen molar-refractivity contribution >= 4 is 5.96 Å². The summed E-state index contributed by atoms with van der Waals surface area (Å²) in [6, 6.07) is 14.6. The molecule has 5 nitrogen and oxygen atoms in total. The van der Waals surface area contributed by atoms with E-state index in [1.54, 1.807) is 6.20 Å². The molecule has 0 saturated heterocycles. The summed E-state index contributed by atoms with van der Waals surface area (Å²) in [5.74, 6) is 0.168. The molecule has 122 valence electrons. The maximum atomic E-state index is 5.35. The van der Waals surface area contributed by atoms with Gasteiger partial charge in [-0.1, -0.05) is 36.4 Å². The molecule has 0 bridgehead atoms. The van der Waals surface area contributed by atoms with Gasteiger partial charge in [-0.05, 0) is 36.6 Å². The largest absolute Gasteiger partial charge is 0.370 e. The van der Waals surface area contributed by atoms with Crippen molar-refractivity contribution in [2.24, 2.45) is 16.5 Å².